The molecular weight excluding hydrogens is 174 g/mol. The SMILES string of the molecule is CN(C)C(C#N)c1cccc(C#N)c1. The molecule has 0 spiro atoms. The lowest BCUT2D eigenvalue weighted by Crippen LogP contribution is -2.18. The van der Waals surface area contributed by atoms with E-state index in [1.54, 1.807) is 18.2 Å². The van der Waals surface area contributed by atoms with E-state index in [1.807, 2.05) is 25.1 Å². The smallest absolute Gasteiger partial charge is 0.123 e. The van der Waals surface area contributed by atoms with Gasteiger partial charge in [-0.3, -0.25) is 4.90 Å². The van der Waals surface area contributed by atoms with Gasteiger partial charge in [-0.2, -0.15) is 10.5 Å². The molecule has 3 heteroatoms. The summed E-state index contributed by atoms with van der Waals surface area (Å²) in [4.78, 5) is 1.82. The van der Waals surface area contributed by atoms with Crippen molar-refractivity contribution in [3.8, 4) is 12.1 Å². The lowest BCUT2D eigenvalue weighted by Gasteiger charge is -2.17. The summed E-state index contributed by atoms with van der Waals surface area (Å²) < 4.78 is 0. The Morgan fingerprint density at radius 1 is 1.29 bits per heavy atom. The first-order valence-electron chi connectivity index (χ1n) is 4.25. The van der Waals surface area contributed by atoms with Gasteiger partial charge >= 0.3 is 0 Å². The highest BCUT2D eigenvalue weighted by molar-refractivity contribution is 5.35. The lowest BCUT2D eigenvalue weighted by molar-refractivity contribution is 0.358. The van der Waals surface area contributed by atoms with Crippen LogP contribution >= 0.6 is 0 Å². The van der Waals surface area contributed by atoms with Crippen molar-refractivity contribution in [3.63, 3.8) is 0 Å². The van der Waals surface area contributed by atoms with Crippen molar-refractivity contribution in [2.45, 2.75) is 6.04 Å². The molecule has 0 heterocycles. The summed E-state index contributed by atoms with van der Waals surface area (Å²) in [5, 5.41) is 17.6. The summed E-state index contributed by atoms with van der Waals surface area (Å²) in [5.74, 6) is 0. The Morgan fingerprint density at radius 2 is 2.00 bits per heavy atom. The molecule has 0 bridgehead atoms. The number of benzene rings is 1. The summed E-state index contributed by atoms with van der Waals surface area (Å²) >= 11 is 0. The van der Waals surface area contributed by atoms with Crippen LogP contribution in [0.5, 0.6) is 0 Å². The highest BCUT2D eigenvalue weighted by Crippen LogP contribution is 2.17. The summed E-state index contributed by atoms with van der Waals surface area (Å²) in [6, 6.07) is 11.1. The average Bonchev–Trinajstić information content (AvgIpc) is 2.19. The molecule has 0 aliphatic carbocycles. The Balaban J connectivity index is 3.07. The molecule has 70 valence electrons. The fourth-order valence-electron chi connectivity index (χ4n) is 1.27. The Morgan fingerprint density at radius 3 is 2.50 bits per heavy atom. The van der Waals surface area contributed by atoms with Crippen molar-refractivity contribution >= 4 is 0 Å². The van der Waals surface area contributed by atoms with Gasteiger partial charge in [-0.25, -0.2) is 0 Å². The summed E-state index contributed by atoms with van der Waals surface area (Å²) in [7, 11) is 3.68. The number of hydrogen-bond donors (Lipinski definition) is 0. The van der Waals surface area contributed by atoms with Crippen LogP contribution in [0.1, 0.15) is 17.2 Å². The van der Waals surface area contributed by atoms with Crippen molar-refractivity contribution < 1.29 is 0 Å². The second-order valence-corrected chi connectivity index (χ2v) is 3.23. The van der Waals surface area contributed by atoms with Crippen LogP contribution in [0.4, 0.5) is 0 Å². The van der Waals surface area contributed by atoms with E-state index in [0.717, 1.165) is 5.56 Å². The highest BCUT2D eigenvalue weighted by atomic mass is 15.1. The summed E-state index contributed by atoms with van der Waals surface area (Å²) in [5.41, 5.74) is 1.45. The van der Waals surface area contributed by atoms with Crippen molar-refractivity contribution in [2.24, 2.45) is 0 Å². The van der Waals surface area contributed by atoms with Crippen LogP contribution in [0, 0.1) is 22.7 Å². The minimum absolute atomic E-state index is 0.289. The zero-order valence-corrected chi connectivity index (χ0v) is 8.23. The Hall–Kier alpha value is -1.84. The molecule has 0 saturated heterocycles. The summed E-state index contributed by atoms with van der Waals surface area (Å²) in [6.07, 6.45) is 0. The quantitative estimate of drug-likeness (QED) is 0.704. The monoisotopic (exact) mass is 185 g/mol. The van der Waals surface area contributed by atoms with Gasteiger partial charge in [0.2, 0.25) is 0 Å². The lowest BCUT2D eigenvalue weighted by atomic mass is 10.0. The van der Waals surface area contributed by atoms with Crippen LogP contribution in [0.2, 0.25) is 0 Å². The predicted octanol–water partition coefficient (Wildman–Crippen LogP) is 1.68. The molecule has 0 aromatic heterocycles. The molecule has 0 N–H and O–H groups in total. The molecule has 0 radical (unpaired) electrons. The number of nitriles is 2. The molecule has 1 aromatic carbocycles. The Bertz CT molecular complexity index is 396. The normalized spacial score (nSPS) is 11.8. The average molecular weight is 185 g/mol. The van der Waals surface area contributed by atoms with Gasteiger partial charge in [0.05, 0.1) is 17.7 Å². The zero-order valence-electron chi connectivity index (χ0n) is 8.23. The van der Waals surface area contributed by atoms with E-state index in [0.29, 0.717) is 5.56 Å². The van der Waals surface area contributed by atoms with Crippen LogP contribution in [-0.4, -0.2) is 19.0 Å². The predicted molar refractivity (Wildman–Crippen MR) is 53.2 cm³/mol. The van der Waals surface area contributed by atoms with Gasteiger partial charge in [0.1, 0.15) is 6.04 Å². The van der Waals surface area contributed by atoms with Gasteiger partial charge in [-0.1, -0.05) is 12.1 Å². The van der Waals surface area contributed by atoms with Gasteiger partial charge in [-0.15, -0.1) is 0 Å². The van der Waals surface area contributed by atoms with Gasteiger partial charge in [0, 0.05) is 0 Å². The van der Waals surface area contributed by atoms with E-state index in [4.69, 9.17) is 10.5 Å². The topological polar surface area (TPSA) is 50.8 Å². The van der Waals surface area contributed by atoms with Crippen LogP contribution in [0.15, 0.2) is 24.3 Å². The van der Waals surface area contributed by atoms with Crippen LogP contribution in [0.25, 0.3) is 0 Å². The molecule has 0 saturated carbocycles. The molecular formula is C11H11N3. The molecule has 3 nitrogen and oxygen atoms in total. The second kappa shape index (κ2) is 4.41. The number of nitrogens with zero attached hydrogens (tertiary/aromatic N) is 3. The van der Waals surface area contributed by atoms with Gasteiger partial charge in [0.15, 0.2) is 0 Å². The first kappa shape index (κ1) is 10.2. The second-order valence-electron chi connectivity index (χ2n) is 3.23. The van der Waals surface area contributed by atoms with Crippen molar-refractivity contribution in [1.29, 1.82) is 10.5 Å². The maximum absolute atomic E-state index is 8.94. The summed E-state index contributed by atoms with van der Waals surface area (Å²) in [6.45, 7) is 0. The van der Waals surface area contributed by atoms with E-state index < -0.39 is 0 Å². The van der Waals surface area contributed by atoms with Crippen molar-refractivity contribution in [3.05, 3.63) is 35.4 Å². The fourth-order valence-corrected chi connectivity index (χ4v) is 1.27. The fraction of sp³-hybridized carbons (Fsp3) is 0.273. The molecule has 0 aliphatic heterocycles. The number of rotatable bonds is 2. The third-order valence-corrected chi connectivity index (χ3v) is 1.97. The van der Waals surface area contributed by atoms with Crippen molar-refractivity contribution in [2.75, 3.05) is 14.1 Å². The molecule has 1 unspecified atom stereocenters. The maximum Gasteiger partial charge on any atom is 0.123 e. The van der Waals surface area contributed by atoms with Gasteiger partial charge < -0.3 is 0 Å². The minimum atomic E-state index is -0.289. The third-order valence-electron chi connectivity index (χ3n) is 1.97. The molecule has 0 amide bonds. The third kappa shape index (κ3) is 2.10. The van der Waals surface area contributed by atoms with E-state index in [1.165, 1.54) is 0 Å². The molecule has 14 heavy (non-hydrogen) atoms. The van der Waals surface area contributed by atoms with Crippen molar-refractivity contribution in [1.82, 2.24) is 4.90 Å². The van der Waals surface area contributed by atoms with Crippen LogP contribution in [0.3, 0.4) is 0 Å². The first-order chi connectivity index (χ1) is 6.69. The van der Waals surface area contributed by atoms with E-state index in [2.05, 4.69) is 12.1 Å². The van der Waals surface area contributed by atoms with E-state index in [9.17, 15) is 0 Å². The van der Waals surface area contributed by atoms with Crippen LogP contribution < -0.4 is 0 Å². The molecule has 0 fully saturated rings. The Kier molecular flexibility index (Phi) is 3.23. The molecule has 1 atom stereocenters. The first-order valence-corrected chi connectivity index (χ1v) is 4.25. The Labute approximate surface area is 83.8 Å². The molecule has 1 rings (SSSR count). The number of hydrogen-bond acceptors (Lipinski definition) is 3. The minimum Gasteiger partial charge on any atom is -0.291 e. The van der Waals surface area contributed by atoms with E-state index in [-0.39, 0.29) is 6.04 Å². The van der Waals surface area contributed by atoms with Gasteiger partial charge in [0.25, 0.3) is 0 Å². The standard InChI is InChI=1S/C11H11N3/c1-14(2)11(8-13)10-5-3-4-9(6-10)7-12/h3-6,11H,1-2H3. The van der Waals surface area contributed by atoms with Crippen LogP contribution in [-0.2, 0) is 0 Å². The van der Waals surface area contributed by atoms with E-state index >= 15 is 0 Å². The largest absolute Gasteiger partial charge is 0.291 e. The zero-order chi connectivity index (χ0) is 10.6. The highest BCUT2D eigenvalue weighted by Gasteiger charge is 2.12. The maximum atomic E-state index is 8.94. The molecule has 1 aromatic rings. The van der Waals surface area contributed by atoms with Gasteiger partial charge in [-0.05, 0) is 31.8 Å². The molecule has 0 aliphatic rings.